The third-order valence-corrected chi connectivity index (χ3v) is 1.94. The summed E-state index contributed by atoms with van der Waals surface area (Å²) >= 11 is 0. The first-order valence-electron chi connectivity index (χ1n) is 4.97. The first-order chi connectivity index (χ1) is 7.61. The molecule has 0 aliphatic carbocycles. The number of aliphatic hydroxyl groups excluding tert-OH is 1. The van der Waals surface area contributed by atoms with Crippen molar-refractivity contribution in [3.63, 3.8) is 0 Å². The van der Waals surface area contributed by atoms with Crippen molar-refractivity contribution in [1.82, 2.24) is 5.32 Å². The van der Waals surface area contributed by atoms with Crippen LogP contribution < -0.4 is 5.32 Å². The summed E-state index contributed by atoms with van der Waals surface area (Å²) in [5, 5.41) is 11.3. The Bertz CT molecular complexity index is 390. The van der Waals surface area contributed by atoms with Crippen molar-refractivity contribution in [3.05, 3.63) is 41.7 Å². The molecule has 0 saturated heterocycles. The molecule has 0 saturated carbocycles. The molecule has 1 aromatic carbocycles. The van der Waals surface area contributed by atoms with Gasteiger partial charge in [-0.2, -0.15) is 0 Å². The van der Waals surface area contributed by atoms with Crippen LogP contribution >= 0.6 is 0 Å². The summed E-state index contributed by atoms with van der Waals surface area (Å²) in [6, 6.07) is 5.65. The minimum atomic E-state index is -0.341. The number of halogens is 1. The Morgan fingerprint density at radius 2 is 2.38 bits per heavy atom. The first kappa shape index (κ1) is 12.4. The van der Waals surface area contributed by atoms with Crippen LogP contribution in [0.2, 0.25) is 0 Å². The van der Waals surface area contributed by atoms with Crippen LogP contribution in [0.1, 0.15) is 12.5 Å². The average Bonchev–Trinajstić information content (AvgIpc) is 2.26. The minimum Gasteiger partial charge on any atom is -0.394 e. The number of hydrogen-bond acceptors (Lipinski definition) is 2. The van der Waals surface area contributed by atoms with E-state index in [2.05, 4.69) is 5.32 Å². The largest absolute Gasteiger partial charge is 0.394 e. The molecule has 0 spiro atoms. The van der Waals surface area contributed by atoms with E-state index in [1.165, 1.54) is 24.3 Å². The maximum absolute atomic E-state index is 12.8. The third-order valence-electron chi connectivity index (χ3n) is 1.94. The topological polar surface area (TPSA) is 49.3 Å². The van der Waals surface area contributed by atoms with Gasteiger partial charge in [-0.3, -0.25) is 4.79 Å². The van der Waals surface area contributed by atoms with Crippen molar-refractivity contribution < 1.29 is 14.3 Å². The number of hydrogen-bond donors (Lipinski definition) is 2. The normalized spacial score (nSPS) is 12.7. The van der Waals surface area contributed by atoms with Crippen molar-refractivity contribution in [2.45, 2.75) is 13.0 Å². The van der Waals surface area contributed by atoms with E-state index in [0.717, 1.165) is 0 Å². The lowest BCUT2D eigenvalue weighted by Crippen LogP contribution is -2.33. The number of aliphatic hydroxyl groups is 1. The first-order valence-corrected chi connectivity index (χ1v) is 4.97. The number of carbonyl (C=O) groups excluding carboxylic acids is 1. The molecule has 0 aromatic heterocycles. The summed E-state index contributed by atoms with van der Waals surface area (Å²) < 4.78 is 12.8. The Labute approximate surface area is 93.6 Å². The summed E-state index contributed by atoms with van der Waals surface area (Å²) in [5.41, 5.74) is 0.617. The molecule has 0 unspecified atom stereocenters. The van der Waals surface area contributed by atoms with Crippen molar-refractivity contribution >= 4 is 12.0 Å². The second kappa shape index (κ2) is 6.02. The van der Waals surface area contributed by atoms with Gasteiger partial charge in [0.05, 0.1) is 6.61 Å². The predicted octanol–water partition coefficient (Wildman–Crippen LogP) is 1.34. The zero-order chi connectivity index (χ0) is 12.0. The molecule has 0 fully saturated rings. The molecule has 16 heavy (non-hydrogen) atoms. The summed E-state index contributed by atoms with van der Waals surface area (Å²) in [6.07, 6.45) is 2.82. The van der Waals surface area contributed by atoms with Gasteiger partial charge < -0.3 is 10.4 Å². The highest BCUT2D eigenvalue weighted by atomic mass is 19.1. The predicted molar refractivity (Wildman–Crippen MR) is 60.1 cm³/mol. The van der Waals surface area contributed by atoms with Gasteiger partial charge in [0.1, 0.15) is 5.82 Å². The molecule has 0 heterocycles. The van der Waals surface area contributed by atoms with Crippen LogP contribution in [0.5, 0.6) is 0 Å². The monoisotopic (exact) mass is 223 g/mol. The van der Waals surface area contributed by atoms with Crippen LogP contribution in [0.4, 0.5) is 4.39 Å². The number of carbonyl (C=O) groups is 1. The number of nitrogens with one attached hydrogen (secondary N) is 1. The maximum Gasteiger partial charge on any atom is 0.244 e. The van der Waals surface area contributed by atoms with Crippen molar-refractivity contribution in [3.8, 4) is 0 Å². The van der Waals surface area contributed by atoms with E-state index in [0.29, 0.717) is 5.56 Å². The fourth-order valence-electron chi connectivity index (χ4n) is 1.12. The lowest BCUT2D eigenvalue weighted by molar-refractivity contribution is -0.117. The van der Waals surface area contributed by atoms with Crippen LogP contribution in [0.15, 0.2) is 30.3 Å². The van der Waals surface area contributed by atoms with Crippen molar-refractivity contribution in [2.24, 2.45) is 0 Å². The Balaban J connectivity index is 2.56. The lowest BCUT2D eigenvalue weighted by atomic mass is 10.2. The Morgan fingerprint density at radius 3 is 3.00 bits per heavy atom. The summed E-state index contributed by atoms with van der Waals surface area (Å²) in [7, 11) is 0. The van der Waals surface area contributed by atoms with Crippen LogP contribution in [0, 0.1) is 5.82 Å². The van der Waals surface area contributed by atoms with Gasteiger partial charge in [-0.25, -0.2) is 4.39 Å². The van der Waals surface area contributed by atoms with Gasteiger partial charge in [0, 0.05) is 12.1 Å². The molecule has 4 heteroatoms. The molecular weight excluding hydrogens is 209 g/mol. The minimum absolute atomic E-state index is 0.112. The third kappa shape index (κ3) is 4.23. The molecule has 2 N–H and O–H groups in total. The second-order valence-corrected chi connectivity index (χ2v) is 3.48. The van der Waals surface area contributed by atoms with E-state index in [1.54, 1.807) is 19.1 Å². The molecule has 0 bridgehead atoms. The van der Waals surface area contributed by atoms with Crippen molar-refractivity contribution in [2.75, 3.05) is 6.61 Å². The highest BCUT2D eigenvalue weighted by Gasteiger charge is 2.01. The fourth-order valence-corrected chi connectivity index (χ4v) is 1.12. The van der Waals surface area contributed by atoms with Crippen LogP contribution in [-0.2, 0) is 4.79 Å². The molecule has 1 rings (SSSR count). The Hall–Kier alpha value is -1.68. The van der Waals surface area contributed by atoms with Crippen LogP contribution in [0.3, 0.4) is 0 Å². The van der Waals surface area contributed by atoms with E-state index in [4.69, 9.17) is 5.11 Å². The molecule has 3 nitrogen and oxygen atoms in total. The lowest BCUT2D eigenvalue weighted by Gasteiger charge is -2.07. The Kier molecular flexibility index (Phi) is 4.66. The molecule has 0 aliphatic heterocycles. The molecule has 0 aliphatic rings. The van der Waals surface area contributed by atoms with E-state index >= 15 is 0 Å². The fraction of sp³-hybridized carbons (Fsp3) is 0.250. The quantitative estimate of drug-likeness (QED) is 0.757. The van der Waals surface area contributed by atoms with E-state index < -0.39 is 0 Å². The van der Waals surface area contributed by atoms with E-state index in [1.807, 2.05) is 0 Å². The van der Waals surface area contributed by atoms with Gasteiger partial charge >= 0.3 is 0 Å². The van der Waals surface area contributed by atoms with Crippen LogP contribution in [-0.4, -0.2) is 23.7 Å². The van der Waals surface area contributed by atoms with Gasteiger partial charge in [-0.1, -0.05) is 12.1 Å². The smallest absolute Gasteiger partial charge is 0.244 e. The summed E-state index contributed by atoms with van der Waals surface area (Å²) in [4.78, 5) is 11.3. The highest BCUT2D eigenvalue weighted by molar-refractivity contribution is 5.91. The number of amides is 1. The zero-order valence-electron chi connectivity index (χ0n) is 8.98. The Morgan fingerprint density at radius 1 is 1.62 bits per heavy atom. The number of benzene rings is 1. The maximum atomic E-state index is 12.8. The van der Waals surface area contributed by atoms with Gasteiger partial charge in [-0.15, -0.1) is 0 Å². The van der Waals surface area contributed by atoms with E-state index in [-0.39, 0.29) is 24.4 Å². The molecule has 86 valence electrons. The van der Waals surface area contributed by atoms with Gasteiger partial charge in [0.2, 0.25) is 5.91 Å². The summed E-state index contributed by atoms with van der Waals surface area (Å²) in [6.45, 7) is 1.58. The molecule has 1 atom stereocenters. The second-order valence-electron chi connectivity index (χ2n) is 3.48. The molecular formula is C12H14FNO2. The van der Waals surface area contributed by atoms with Crippen molar-refractivity contribution in [1.29, 1.82) is 0 Å². The zero-order valence-corrected chi connectivity index (χ0v) is 8.98. The van der Waals surface area contributed by atoms with Gasteiger partial charge in [-0.05, 0) is 30.7 Å². The number of rotatable bonds is 4. The molecule has 0 radical (unpaired) electrons. The van der Waals surface area contributed by atoms with Gasteiger partial charge in [0.15, 0.2) is 0 Å². The SMILES string of the molecule is C[C@H](CO)NC(=O)C=Cc1cccc(F)c1. The molecule has 1 aromatic rings. The molecule has 1 amide bonds. The van der Waals surface area contributed by atoms with Gasteiger partial charge in [0.25, 0.3) is 0 Å². The average molecular weight is 223 g/mol. The summed E-state index contributed by atoms with van der Waals surface area (Å²) in [5.74, 6) is -0.655. The standard InChI is InChI=1S/C12H14FNO2/c1-9(8-15)14-12(16)6-5-10-3-2-4-11(13)7-10/h2-7,9,15H,8H2,1H3,(H,14,16)/t9-/m1/s1. The van der Waals surface area contributed by atoms with E-state index in [9.17, 15) is 9.18 Å². The van der Waals surface area contributed by atoms with Crippen LogP contribution in [0.25, 0.3) is 6.08 Å². The highest BCUT2D eigenvalue weighted by Crippen LogP contribution is 2.04.